The number of aliphatic hydroxyl groups is 1. The zero-order valence-electron chi connectivity index (χ0n) is 26.5. The van der Waals surface area contributed by atoms with E-state index >= 15 is 0 Å². The molecule has 10 heteroatoms. The van der Waals surface area contributed by atoms with Crippen molar-refractivity contribution < 1.29 is 24.2 Å². The van der Waals surface area contributed by atoms with Crippen molar-refractivity contribution in [2.45, 2.75) is 85.4 Å². The molecule has 0 saturated heterocycles. The van der Waals surface area contributed by atoms with E-state index < -0.39 is 11.5 Å². The summed E-state index contributed by atoms with van der Waals surface area (Å²) in [5.41, 5.74) is 10.8. The smallest absolute Gasteiger partial charge is 0.324 e. The molecule has 2 aromatic heterocycles. The third kappa shape index (κ3) is 8.78. The summed E-state index contributed by atoms with van der Waals surface area (Å²) in [7, 11) is 1.69. The van der Waals surface area contributed by atoms with E-state index in [9.17, 15) is 14.7 Å². The SMILES string of the molecule is CCCCC[C@H](NNC=O)C(=O)OCC(C)(C)Cc1c(-c2cccnc2C(C)OC)n(CC)c2ccc(NCCO)cc12. The fraction of sp³-hybridized carbons (Fsp3) is 0.545. The fourth-order valence-electron chi connectivity index (χ4n) is 5.48. The number of methoxy groups -OCH3 is 1. The molecule has 0 saturated carbocycles. The number of anilines is 1. The second-order valence-electron chi connectivity index (χ2n) is 11.7. The molecule has 1 aromatic carbocycles. The molecule has 0 radical (unpaired) electrons. The van der Waals surface area contributed by atoms with E-state index in [1.807, 2.05) is 19.1 Å². The van der Waals surface area contributed by atoms with Crippen molar-refractivity contribution in [3.63, 3.8) is 0 Å². The first kappa shape index (κ1) is 34.0. The Morgan fingerprint density at radius 3 is 2.67 bits per heavy atom. The van der Waals surface area contributed by atoms with Crippen LogP contribution in [0.4, 0.5) is 5.69 Å². The number of nitrogens with one attached hydrogen (secondary N) is 3. The minimum atomic E-state index is -0.612. The number of hydrazine groups is 1. The molecule has 0 aliphatic carbocycles. The number of carbonyl (C=O) groups is 2. The lowest BCUT2D eigenvalue weighted by Crippen LogP contribution is -2.46. The molecule has 0 spiro atoms. The summed E-state index contributed by atoms with van der Waals surface area (Å²) >= 11 is 0. The van der Waals surface area contributed by atoms with Crippen LogP contribution in [0.2, 0.25) is 0 Å². The van der Waals surface area contributed by atoms with Gasteiger partial charge in [-0.25, -0.2) is 5.43 Å². The Kier molecular flexibility index (Phi) is 13.0. The van der Waals surface area contributed by atoms with E-state index in [2.05, 4.69) is 66.6 Å². The number of esters is 1. The molecule has 0 fully saturated rings. The normalized spacial score (nSPS) is 13.1. The maximum Gasteiger partial charge on any atom is 0.324 e. The van der Waals surface area contributed by atoms with Crippen molar-refractivity contribution in [1.82, 2.24) is 20.4 Å². The van der Waals surface area contributed by atoms with Crippen LogP contribution in [0.1, 0.15) is 77.7 Å². The maximum absolute atomic E-state index is 13.1. The number of benzene rings is 1. The number of amides is 1. The van der Waals surface area contributed by atoms with Crippen molar-refractivity contribution in [2.75, 3.05) is 32.2 Å². The van der Waals surface area contributed by atoms with Crippen LogP contribution in [-0.2, 0) is 32.0 Å². The first-order valence-electron chi connectivity index (χ1n) is 15.3. The molecule has 1 unspecified atom stereocenters. The van der Waals surface area contributed by atoms with Crippen LogP contribution >= 0.6 is 0 Å². The van der Waals surface area contributed by atoms with Gasteiger partial charge in [-0.15, -0.1) is 0 Å². The van der Waals surface area contributed by atoms with Gasteiger partial charge in [-0.2, -0.15) is 0 Å². The highest BCUT2D eigenvalue weighted by molar-refractivity contribution is 5.94. The molecule has 2 heterocycles. The number of rotatable bonds is 19. The Hall–Kier alpha value is -3.47. The van der Waals surface area contributed by atoms with E-state index in [0.717, 1.165) is 64.9 Å². The second kappa shape index (κ2) is 16.4. The van der Waals surface area contributed by atoms with Gasteiger partial charge in [0.05, 0.1) is 30.7 Å². The summed E-state index contributed by atoms with van der Waals surface area (Å²) in [5.74, 6) is -0.381. The topological polar surface area (TPSA) is 127 Å². The third-order valence-electron chi connectivity index (χ3n) is 7.72. The highest BCUT2D eigenvalue weighted by atomic mass is 16.5. The molecule has 1 amide bonds. The summed E-state index contributed by atoms with van der Waals surface area (Å²) < 4.78 is 13.9. The van der Waals surface area contributed by atoms with E-state index in [4.69, 9.17) is 14.5 Å². The molecule has 0 aliphatic rings. The van der Waals surface area contributed by atoms with E-state index in [1.165, 1.54) is 0 Å². The van der Waals surface area contributed by atoms with Gasteiger partial charge in [-0.3, -0.25) is 20.0 Å². The Bertz CT molecular complexity index is 1340. The predicted octanol–water partition coefficient (Wildman–Crippen LogP) is 5.15. The Morgan fingerprint density at radius 1 is 1.21 bits per heavy atom. The average molecular weight is 596 g/mol. The zero-order valence-corrected chi connectivity index (χ0v) is 26.5. The van der Waals surface area contributed by atoms with Crippen molar-refractivity contribution in [3.8, 4) is 11.3 Å². The van der Waals surface area contributed by atoms with Gasteiger partial charge in [0.1, 0.15) is 6.04 Å². The van der Waals surface area contributed by atoms with E-state index in [1.54, 1.807) is 13.3 Å². The molecule has 236 valence electrons. The van der Waals surface area contributed by atoms with Gasteiger partial charge < -0.3 is 24.5 Å². The lowest BCUT2D eigenvalue weighted by Gasteiger charge is -2.27. The van der Waals surface area contributed by atoms with Crippen LogP contribution in [0.15, 0.2) is 36.5 Å². The van der Waals surface area contributed by atoms with Gasteiger partial charge in [-0.1, -0.05) is 40.0 Å². The van der Waals surface area contributed by atoms with Crippen molar-refractivity contribution in [3.05, 3.63) is 47.8 Å². The van der Waals surface area contributed by atoms with E-state index in [0.29, 0.717) is 25.8 Å². The monoisotopic (exact) mass is 595 g/mol. The Morgan fingerprint density at radius 2 is 2.00 bits per heavy atom. The molecular weight excluding hydrogens is 546 g/mol. The van der Waals surface area contributed by atoms with Gasteiger partial charge in [-0.05, 0) is 62.6 Å². The molecule has 3 aromatic rings. The van der Waals surface area contributed by atoms with Gasteiger partial charge in [0.2, 0.25) is 6.41 Å². The molecule has 3 rings (SSSR count). The molecule has 0 aliphatic heterocycles. The Labute approximate surface area is 255 Å². The van der Waals surface area contributed by atoms with Crippen LogP contribution < -0.4 is 16.2 Å². The Balaban J connectivity index is 2.04. The van der Waals surface area contributed by atoms with Crippen molar-refractivity contribution >= 4 is 29.0 Å². The van der Waals surface area contributed by atoms with Gasteiger partial charge >= 0.3 is 5.97 Å². The lowest BCUT2D eigenvalue weighted by atomic mass is 9.84. The molecule has 0 bridgehead atoms. The van der Waals surface area contributed by atoms with Gasteiger partial charge in [0.25, 0.3) is 0 Å². The maximum atomic E-state index is 13.1. The summed E-state index contributed by atoms with van der Waals surface area (Å²) in [6.07, 6.45) is 6.19. The fourth-order valence-corrected chi connectivity index (χ4v) is 5.48. The molecule has 43 heavy (non-hydrogen) atoms. The molecule has 2 atom stereocenters. The number of nitrogens with zero attached hydrogens (tertiary/aromatic N) is 2. The number of hydrogen-bond acceptors (Lipinski definition) is 8. The third-order valence-corrected chi connectivity index (χ3v) is 7.72. The van der Waals surface area contributed by atoms with Gasteiger partial charge in [0, 0.05) is 54.0 Å². The quantitative estimate of drug-likeness (QED) is 0.0649. The second-order valence-corrected chi connectivity index (χ2v) is 11.7. The largest absolute Gasteiger partial charge is 0.464 e. The number of aryl methyl sites for hydroxylation is 1. The number of aromatic nitrogens is 2. The molecular formula is C33H49N5O5. The minimum Gasteiger partial charge on any atom is -0.464 e. The number of aliphatic hydroxyl groups excluding tert-OH is 1. The number of pyridine rings is 1. The number of ether oxygens (including phenoxy) is 2. The number of unbranched alkanes of at least 4 members (excludes halogenated alkanes) is 2. The molecule has 10 nitrogen and oxygen atoms in total. The summed E-state index contributed by atoms with van der Waals surface area (Å²) in [6.45, 7) is 11.9. The van der Waals surface area contributed by atoms with E-state index in [-0.39, 0.29) is 25.3 Å². The highest BCUT2D eigenvalue weighted by Crippen LogP contribution is 2.41. The predicted molar refractivity (Wildman–Crippen MR) is 171 cm³/mol. The summed E-state index contributed by atoms with van der Waals surface area (Å²) in [6, 6.07) is 9.70. The molecule has 4 N–H and O–H groups in total. The van der Waals surface area contributed by atoms with Gasteiger partial charge in [0.15, 0.2) is 0 Å². The highest BCUT2D eigenvalue weighted by Gasteiger charge is 2.30. The minimum absolute atomic E-state index is 0.0368. The van der Waals surface area contributed by atoms with Crippen LogP contribution in [-0.4, -0.2) is 59.9 Å². The van der Waals surface area contributed by atoms with Crippen molar-refractivity contribution in [1.29, 1.82) is 0 Å². The number of fused-ring (bicyclic) bond motifs is 1. The van der Waals surface area contributed by atoms with Crippen LogP contribution in [0, 0.1) is 5.41 Å². The van der Waals surface area contributed by atoms with Crippen molar-refractivity contribution in [2.24, 2.45) is 5.41 Å². The van der Waals surface area contributed by atoms with Crippen LogP contribution in [0.3, 0.4) is 0 Å². The first-order valence-corrected chi connectivity index (χ1v) is 15.3. The lowest BCUT2D eigenvalue weighted by molar-refractivity contribution is -0.149. The first-order chi connectivity index (χ1) is 20.7. The zero-order chi connectivity index (χ0) is 31.4. The summed E-state index contributed by atoms with van der Waals surface area (Å²) in [4.78, 5) is 28.7. The number of hydrogen-bond donors (Lipinski definition) is 4. The number of carbonyl (C=O) groups excluding carboxylic acids is 2. The standard InChI is InChI=1S/C33H49N5O5/c1-7-9-10-13-28(37-36-22-40)32(41)43-21-33(4,5)20-27-26-19-24(34-17-18-39)14-15-29(26)38(8-2)31(27)25-12-11-16-35-30(25)23(3)42-6/h11-12,14-16,19,22-23,28,34,37,39H,7-10,13,17-18,20-21H2,1-6H3,(H,36,40)/t23?,28-/m0/s1. The summed E-state index contributed by atoms with van der Waals surface area (Å²) in [5, 5.41) is 13.8. The average Bonchev–Trinajstić information content (AvgIpc) is 3.31. The van der Waals surface area contributed by atoms with Crippen LogP contribution in [0.5, 0.6) is 0 Å². The van der Waals surface area contributed by atoms with Crippen LogP contribution in [0.25, 0.3) is 22.2 Å².